The topological polar surface area (TPSA) is 85.4 Å². The van der Waals surface area contributed by atoms with Crippen molar-refractivity contribution in [2.24, 2.45) is 0 Å². The van der Waals surface area contributed by atoms with Gasteiger partial charge in [0.1, 0.15) is 0 Å². The average Bonchev–Trinajstić information content (AvgIpc) is 3.20. The Morgan fingerprint density at radius 1 is 0.903 bits per heavy atom. The van der Waals surface area contributed by atoms with Crippen molar-refractivity contribution in [3.63, 3.8) is 0 Å². The normalized spacial score (nSPS) is 10.6. The lowest BCUT2D eigenvalue weighted by atomic mass is 9.98. The third-order valence-corrected chi connectivity index (χ3v) is 5.51. The number of aromatic nitrogens is 1. The summed E-state index contributed by atoms with van der Waals surface area (Å²) in [5.74, 6) is -1.06. The number of amides is 1. The van der Waals surface area contributed by atoms with Crippen LogP contribution in [0.25, 0.3) is 10.2 Å². The van der Waals surface area contributed by atoms with Crippen molar-refractivity contribution in [1.29, 1.82) is 0 Å². The number of fused-ring (bicyclic) bond motifs is 1. The summed E-state index contributed by atoms with van der Waals surface area (Å²) in [6.07, 6.45) is 0. The molecule has 4 aromatic rings. The van der Waals surface area contributed by atoms with Crippen molar-refractivity contribution in [3.05, 3.63) is 95.1 Å². The smallest absolute Gasteiger partial charge is 0.338 e. The largest absolute Gasteiger partial charge is 0.462 e. The lowest BCUT2D eigenvalue weighted by Crippen LogP contribution is -2.16. The van der Waals surface area contributed by atoms with Crippen LogP contribution < -0.4 is 5.32 Å². The molecule has 1 amide bonds. The second kappa shape index (κ2) is 8.89. The molecule has 4 rings (SSSR count). The van der Waals surface area contributed by atoms with Crippen molar-refractivity contribution in [2.75, 3.05) is 11.9 Å². The Labute approximate surface area is 182 Å². The van der Waals surface area contributed by atoms with E-state index in [9.17, 15) is 14.4 Å². The fraction of sp³-hybridized carbons (Fsp3) is 0.0833. The minimum atomic E-state index is -0.426. The zero-order valence-electron chi connectivity index (χ0n) is 16.6. The maximum Gasteiger partial charge on any atom is 0.338 e. The molecule has 0 fully saturated rings. The third-order valence-electron chi connectivity index (χ3n) is 4.57. The molecule has 0 saturated carbocycles. The second-order valence-corrected chi connectivity index (χ2v) is 7.65. The lowest BCUT2D eigenvalue weighted by Gasteiger charge is -2.08. The van der Waals surface area contributed by atoms with Crippen LogP contribution in [0.5, 0.6) is 0 Å². The molecule has 0 bridgehead atoms. The van der Waals surface area contributed by atoms with E-state index in [4.69, 9.17) is 4.74 Å². The minimum Gasteiger partial charge on any atom is -0.462 e. The van der Waals surface area contributed by atoms with Gasteiger partial charge in [-0.1, -0.05) is 59.9 Å². The van der Waals surface area contributed by atoms with E-state index in [2.05, 4.69) is 10.3 Å². The van der Waals surface area contributed by atoms with Crippen molar-refractivity contribution in [3.8, 4) is 0 Å². The maximum atomic E-state index is 12.9. The highest BCUT2D eigenvalue weighted by Gasteiger charge is 2.19. The van der Waals surface area contributed by atoms with Crippen LogP contribution in [0.4, 0.5) is 5.13 Å². The van der Waals surface area contributed by atoms with Crippen LogP contribution in [-0.2, 0) is 4.74 Å². The van der Waals surface area contributed by atoms with Crippen LogP contribution in [0.1, 0.15) is 43.6 Å². The Kier molecular flexibility index (Phi) is 5.86. The van der Waals surface area contributed by atoms with Crippen LogP contribution in [-0.4, -0.2) is 29.3 Å². The van der Waals surface area contributed by atoms with Gasteiger partial charge >= 0.3 is 5.97 Å². The number of ether oxygens (including phenoxy) is 1. The van der Waals surface area contributed by atoms with Crippen LogP contribution in [0.3, 0.4) is 0 Å². The molecule has 0 aliphatic rings. The van der Waals surface area contributed by atoms with Crippen LogP contribution >= 0.6 is 11.3 Å². The van der Waals surface area contributed by atoms with E-state index >= 15 is 0 Å². The van der Waals surface area contributed by atoms with Gasteiger partial charge in [0.25, 0.3) is 5.91 Å². The SMILES string of the molecule is CCOC(=O)c1ccc2nc(NC(=O)c3ccccc3C(=O)c3ccccc3)sc2c1. The summed E-state index contributed by atoms with van der Waals surface area (Å²) in [6.45, 7) is 2.04. The summed E-state index contributed by atoms with van der Waals surface area (Å²) < 4.78 is 5.77. The molecule has 7 heteroatoms. The van der Waals surface area contributed by atoms with E-state index in [1.807, 2.05) is 6.07 Å². The van der Waals surface area contributed by atoms with E-state index in [1.165, 1.54) is 11.3 Å². The highest BCUT2D eigenvalue weighted by Crippen LogP contribution is 2.28. The number of esters is 1. The molecule has 31 heavy (non-hydrogen) atoms. The van der Waals surface area contributed by atoms with Gasteiger partial charge in [-0.2, -0.15) is 0 Å². The predicted molar refractivity (Wildman–Crippen MR) is 120 cm³/mol. The number of thiazole rings is 1. The van der Waals surface area contributed by atoms with Gasteiger partial charge in [0, 0.05) is 11.1 Å². The van der Waals surface area contributed by atoms with Gasteiger partial charge in [-0.25, -0.2) is 9.78 Å². The van der Waals surface area contributed by atoms with E-state index in [0.29, 0.717) is 33.9 Å². The Balaban J connectivity index is 1.60. The maximum absolute atomic E-state index is 12.9. The first kappa shape index (κ1) is 20.4. The first-order chi connectivity index (χ1) is 15.1. The molecule has 0 atom stereocenters. The van der Waals surface area contributed by atoms with E-state index < -0.39 is 11.9 Å². The van der Waals surface area contributed by atoms with Gasteiger partial charge in [0.15, 0.2) is 10.9 Å². The highest BCUT2D eigenvalue weighted by molar-refractivity contribution is 7.22. The summed E-state index contributed by atoms with van der Waals surface area (Å²) in [5.41, 5.74) is 2.17. The van der Waals surface area contributed by atoms with E-state index in [0.717, 1.165) is 4.70 Å². The molecule has 1 aromatic heterocycles. The van der Waals surface area contributed by atoms with Crippen molar-refractivity contribution in [2.45, 2.75) is 6.92 Å². The molecule has 0 unspecified atom stereocenters. The molecule has 0 radical (unpaired) electrons. The second-order valence-electron chi connectivity index (χ2n) is 6.62. The quantitative estimate of drug-likeness (QED) is 0.345. The van der Waals surface area contributed by atoms with Gasteiger partial charge in [-0.3, -0.25) is 14.9 Å². The zero-order chi connectivity index (χ0) is 21.8. The number of benzene rings is 3. The molecule has 0 saturated heterocycles. The van der Waals surface area contributed by atoms with Gasteiger partial charge in [-0.15, -0.1) is 0 Å². The van der Waals surface area contributed by atoms with E-state index in [-0.39, 0.29) is 11.3 Å². The number of rotatable bonds is 6. The molecular weight excluding hydrogens is 412 g/mol. The third kappa shape index (κ3) is 4.36. The standard InChI is InChI=1S/C24H18N2O4S/c1-2-30-23(29)16-12-13-19-20(14-16)31-24(25-19)26-22(28)18-11-7-6-10-17(18)21(27)15-8-4-3-5-9-15/h3-14H,2H2,1H3,(H,25,26,28). The van der Waals surface area contributed by atoms with Crippen molar-refractivity contribution < 1.29 is 19.1 Å². The van der Waals surface area contributed by atoms with Crippen LogP contribution in [0, 0.1) is 0 Å². The van der Waals surface area contributed by atoms with Gasteiger partial charge in [0.05, 0.1) is 28.0 Å². The summed E-state index contributed by atoms with van der Waals surface area (Å²) in [6, 6.07) is 20.5. The molecule has 0 spiro atoms. The van der Waals surface area contributed by atoms with Crippen LogP contribution in [0.2, 0.25) is 0 Å². The Morgan fingerprint density at radius 2 is 1.61 bits per heavy atom. The van der Waals surface area contributed by atoms with Gasteiger partial charge in [0.2, 0.25) is 0 Å². The fourth-order valence-electron chi connectivity index (χ4n) is 3.11. The summed E-state index contributed by atoms with van der Waals surface area (Å²) in [7, 11) is 0. The Hall–Kier alpha value is -3.84. The first-order valence-corrected chi connectivity index (χ1v) is 10.5. The molecule has 1 heterocycles. The number of hydrogen-bond acceptors (Lipinski definition) is 6. The molecule has 0 aliphatic heterocycles. The summed E-state index contributed by atoms with van der Waals surface area (Å²) in [4.78, 5) is 42.2. The molecule has 0 aliphatic carbocycles. The number of hydrogen-bond donors (Lipinski definition) is 1. The number of carbonyl (C=O) groups excluding carboxylic acids is 3. The van der Waals surface area contributed by atoms with Gasteiger partial charge < -0.3 is 4.74 Å². The number of carbonyl (C=O) groups is 3. The highest BCUT2D eigenvalue weighted by atomic mass is 32.1. The molecular formula is C24H18N2O4S. The number of nitrogens with zero attached hydrogens (tertiary/aromatic N) is 1. The Bertz CT molecular complexity index is 1280. The number of nitrogens with one attached hydrogen (secondary N) is 1. The fourth-order valence-corrected chi connectivity index (χ4v) is 4.01. The monoisotopic (exact) mass is 430 g/mol. The van der Waals surface area contributed by atoms with Crippen molar-refractivity contribution >= 4 is 44.3 Å². The molecule has 6 nitrogen and oxygen atoms in total. The predicted octanol–water partition coefficient (Wildman–Crippen LogP) is 4.96. The zero-order valence-corrected chi connectivity index (χ0v) is 17.4. The molecule has 154 valence electrons. The average molecular weight is 430 g/mol. The van der Waals surface area contributed by atoms with Gasteiger partial charge in [-0.05, 0) is 31.2 Å². The Morgan fingerprint density at radius 3 is 2.35 bits per heavy atom. The summed E-state index contributed by atoms with van der Waals surface area (Å²) in [5, 5.41) is 3.15. The number of anilines is 1. The lowest BCUT2D eigenvalue weighted by molar-refractivity contribution is 0.0526. The number of ketones is 1. The first-order valence-electron chi connectivity index (χ1n) is 9.64. The molecule has 1 N–H and O–H groups in total. The van der Waals surface area contributed by atoms with E-state index in [1.54, 1.807) is 73.7 Å². The molecule has 3 aromatic carbocycles. The minimum absolute atomic E-state index is 0.227. The van der Waals surface area contributed by atoms with Crippen molar-refractivity contribution in [1.82, 2.24) is 4.98 Å². The van der Waals surface area contributed by atoms with Crippen LogP contribution in [0.15, 0.2) is 72.8 Å². The summed E-state index contributed by atoms with van der Waals surface area (Å²) >= 11 is 1.24.